The molecule has 1 aliphatic rings. The molecule has 32 heavy (non-hydrogen) atoms. The highest BCUT2D eigenvalue weighted by molar-refractivity contribution is 5.91. The molecule has 1 unspecified atom stereocenters. The van der Waals surface area contributed by atoms with E-state index in [1.807, 2.05) is 30.3 Å². The van der Waals surface area contributed by atoms with Gasteiger partial charge in [-0.25, -0.2) is 5.43 Å². The number of hydrogen-bond acceptors (Lipinski definition) is 4. The quantitative estimate of drug-likeness (QED) is 0.444. The summed E-state index contributed by atoms with van der Waals surface area (Å²) in [7, 11) is 3.79. The predicted octanol–water partition coefficient (Wildman–Crippen LogP) is 5.26. The first-order valence-corrected chi connectivity index (χ1v) is 11.0. The maximum Gasteiger partial charge on any atom is 0.244 e. The van der Waals surface area contributed by atoms with Gasteiger partial charge in [0.2, 0.25) is 5.91 Å². The molecule has 1 atom stereocenters. The summed E-state index contributed by atoms with van der Waals surface area (Å²) < 4.78 is 5.63. The van der Waals surface area contributed by atoms with E-state index in [0.29, 0.717) is 5.92 Å². The van der Waals surface area contributed by atoms with Crippen LogP contribution in [0.2, 0.25) is 0 Å². The van der Waals surface area contributed by atoms with Crippen molar-refractivity contribution in [2.24, 2.45) is 5.10 Å². The van der Waals surface area contributed by atoms with Crippen LogP contribution in [0.4, 0.5) is 5.69 Å². The number of nitrogens with one attached hydrogen (secondary N) is 1. The highest BCUT2D eigenvalue weighted by Gasteiger charge is 2.34. The first kappa shape index (κ1) is 21.9. The van der Waals surface area contributed by atoms with Crippen LogP contribution in [0, 0.1) is 0 Å². The minimum absolute atomic E-state index is 0.0859. The third-order valence-corrected chi connectivity index (χ3v) is 6.61. The summed E-state index contributed by atoms with van der Waals surface area (Å²) in [6.45, 7) is 6.78. The van der Waals surface area contributed by atoms with Crippen LogP contribution in [-0.4, -0.2) is 31.8 Å². The van der Waals surface area contributed by atoms with E-state index in [1.165, 1.54) is 11.3 Å². The lowest BCUT2D eigenvalue weighted by molar-refractivity contribution is -0.120. The van der Waals surface area contributed by atoms with Gasteiger partial charge >= 0.3 is 0 Å². The van der Waals surface area contributed by atoms with E-state index in [4.69, 9.17) is 4.74 Å². The monoisotopic (exact) mass is 429 g/mol. The average Bonchev–Trinajstić information content (AvgIpc) is 2.77. The number of hydrogen-bond donors (Lipinski definition) is 1. The predicted molar refractivity (Wildman–Crippen MR) is 132 cm³/mol. The fourth-order valence-corrected chi connectivity index (χ4v) is 4.72. The molecule has 0 saturated heterocycles. The fraction of sp³-hybridized carbons (Fsp3) is 0.333. The molecule has 1 N–H and O–H groups in total. The third kappa shape index (κ3) is 4.20. The maximum atomic E-state index is 12.5. The number of benzene rings is 3. The van der Waals surface area contributed by atoms with Gasteiger partial charge in [0, 0.05) is 29.9 Å². The molecule has 5 nitrogen and oxygen atoms in total. The molecule has 5 heteroatoms. The van der Waals surface area contributed by atoms with E-state index < -0.39 is 0 Å². The van der Waals surface area contributed by atoms with Crippen molar-refractivity contribution in [2.45, 2.75) is 45.1 Å². The lowest BCUT2D eigenvalue weighted by Gasteiger charge is -2.45. The zero-order valence-electron chi connectivity index (χ0n) is 19.5. The Bertz CT molecular complexity index is 1180. The molecule has 0 fully saturated rings. The van der Waals surface area contributed by atoms with Crippen LogP contribution in [0.15, 0.2) is 59.7 Å². The molecule has 1 amide bonds. The minimum Gasteiger partial charge on any atom is -0.496 e. The minimum atomic E-state index is -0.149. The van der Waals surface area contributed by atoms with Crippen molar-refractivity contribution in [1.82, 2.24) is 5.43 Å². The smallest absolute Gasteiger partial charge is 0.244 e. The Morgan fingerprint density at radius 1 is 1.22 bits per heavy atom. The normalized spacial score (nSPS) is 17.4. The number of nitrogens with zero attached hydrogens (tertiary/aromatic N) is 2. The van der Waals surface area contributed by atoms with Crippen LogP contribution < -0.4 is 15.1 Å². The first-order valence-electron chi connectivity index (χ1n) is 11.0. The van der Waals surface area contributed by atoms with Crippen LogP contribution >= 0.6 is 0 Å². The van der Waals surface area contributed by atoms with Crippen LogP contribution in [0.5, 0.6) is 5.75 Å². The summed E-state index contributed by atoms with van der Waals surface area (Å²) in [6.07, 6.45) is 3.02. The van der Waals surface area contributed by atoms with Crippen LogP contribution in [0.3, 0.4) is 0 Å². The summed E-state index contributed by atoms with van der Waals surface area (Å²) in [5.41, 5.74) is 7.06. The van der Waals surface area contributed by atoms with Crippen molar-refractivity contribution in [3.8, 4) is 5.75 Å². The second-order valence-electron chi connectivity index (χ2n) is 9.24. The van der Waals surface area contributed by atoms with E-state index in [-0.39, 0.29) is 17.9 Å². The van der Waals surface area contributed by atoms with Crippen molar-refractivity contribution < 1.29 is 9.53 Å². The van der Waals surface area contributed by atoms with Gasteiger partial charge in [-0.3, -0.25) is 4.79 Å². The number of carbonyl (C=O) groups excluding carboxylic acids is 1. The summed E-state index contributed by atoms with van der Waals surface area (Å²) in [5.74, 6) is 1.02. The number of amides is 1. The van der Waals surface area contributed by atoms with Gasteiger partial charge in [-0.2, -0.15) is 5.10 Å². The van der Waals surface area contributed by atoms with Gasteiger partial charge in [0.15, 0.2) is 0 Å². The van der Waals surface area contributed by atoms with Gasteiger partial charge in [-0.1, -0.05) is 49.4 Å². The van der Waals surface area contributed by atoms with Gasteiger partial charge < -0.3 is 9.64 Å². The summed E-state index contributed by atoms with van der Waals surface area (Å²) in [5, 5.41) is 6.45. The standard InChI is InChI=1S/C27H31N3O2/c1-18-16-27(2,3)30(4)24-15-25(32-5)21(13-23(18)24)17-28-29-26(31)14-20-11-8-10-19-9-6-7-12-22(19)20/h6-13,15,17-18H,14,16H2,1-5H3,(H,29,31)/b28-17-. The first-order chi connectivity index (χ1) is 15.3. The highest BCUT2D eigenvalue weighted by atomic mass is 16.5. The van der Waals surface area contributed by atoms with Gasteiger partial charge in [0.1, 0.15) is 5.75 Å². The molecule has 0 saturated carbocycles. The second kappa shape index (κ2) is 8.65. The number of rotatable bonds is 5. The van der Waals surface area contributed by atoms with E-state index in [9.17, 15) is 4.79 Å². The molecule has 1 heterocycles. The summed E-state index contributed by atoms with van der Waals surface area (Å²) in [6, 6.07) is 18.3. The molecule has 0 bridgehead atoms. The molecule has 3 aromatic carbocycles. The zero-order valence-corrected chi connectivity index (χ0v) is 19.5. The van der Waals surface area contributed by atoms with Crippen molar-refractivity contribution in [1.29, 1.82) is 0 Å². The number of ether oxygens (including phenoxy) is 1. The molecule has 4 rings (SSSR count). The Balaban J connectivity index is 1.52. The molecule has 0 aliphatic carbocycles. The van der Waals surface area contributed by atoms with Crippen molar-refractivity contribution in [3.63, 3.8) is 0 Å². The van der Waals surface area contributed by atoms with Gasteiger partial charge in [0.25, 0.3) is 0 Å². The highest BCUT2D eigenvalue weighted by Crippen LogP contribution is 2.44. The van der Waals surface area contributed by atoms with E-state index >= 15 is 0 Å². The van der Waals surface area contributed by atoms with Gasteiger partial charge in [-0.05, 0) is 54.2 Å². The Kier molecular flexibility index (Phi) is 5.92. The molecule has 166 valence electrons. The number of methoxy groups -OCH3 is 1. The molecule has 0 aromatic heterocycles. The molecule has 1 aliphatic heterocycles. The number of fused-ring (bicyclic) bond motifs is 2. The van der Waals surface area contributed by atoms with Gasteiger partial charge in [-0.15, -0.1) is 0 Å². The topological polar surface area (TPSA) is 53.9 Å². The Hall–Kier alpha value is -3.34. The van der Waals surface area contributed by atoms with Crippen LogP contribution in [0.25, 0.3) is 10.8 Å². The molecule has 3 aromatic rings. The lowest BCUT2D eigenvalue weighted by atomic mass is 9.80. The Morgan fingerprint density at radius 3 is 2.75 bits per heavy atom. The fourth-order valence-electron chi connectivity index (χ4n) is 4.72. The lowest BCUT2D eigenvalue weighted by Crippen LogP contribution is -2.45. The Morgan fingerprint density at radius 2 is 1.97 bits per heavy atom. The number of carbonyl (C=O) groups is 1. The summed E-state index contributed by atoms with van der Waals surface area (Å²) >= 11 is 0. The number of anilines is 1. The van der Waals surface area contributed by atoms with Crippen LogP contribution in [-0.2, 0) is 11.2 Å². The van der Waals surface area contributed by atoms with E-state index in [2.05, 4.69) is 67.5 Å². The number of hydrazone groups is 1. The molecular formula is C27H31N3O2. The SMILES string of the molecule is COc1cc2c(cc1/C=N\NC(=O)Cc1cccc3ccccc13)C(C)CC(C)(C)N2C. The second-order valence-corrected chi connectivity index (χ2v) is 9.24. The van der Waals surface area contributed by atoms with E-state index in [1.54, 1.807) is 13.3 Å². The molecule has 0 spiro atoms. The maximum absolute atomic E-state index is 12.5. The van der Waals surface area contributed by atoms with Crippen molar-refractivity contribution in [3.05, 3.63) is 71.3 Å². The zero-order chi connectivity index (χ0) is 22.9. The van der Waals surface area contributed by atoms with Gasteiger partial charge in [0.05, 0.1) is 19.7 Å². The Labute approximate surface area is 190 Å². The molecular weight excluding hydrogens is 398 g/mol. The van der Waals surface area contributed by atoms with Crippen LogP contribution in [0.1, 0.15) is 49.8 Å². The largest absolute Gasteiger partial charge is 0.496 e. The average molecular weight is 430 g/mol. The van der Waals surface area contributed by atoms with Crippen molar-refractivity contribution >= 4 is 28.6 Å². The molecule has 0 radical (unpaired) electrons. The van der Waals surface area contributed by atoms with E-state index in [0.717, 1.165) is 34.1 Å². The summed E-state index contributed by atoms with van der Waals surface area (Å²) in [4.78, 5) is 14.9. The third-order valence-electron chi connectivity index (χ3n) is 6.61. The van der Waals surface area contributed by atoms with Crippen molar-refractivity contribution in [2.75, 3.05) is 19.1 Å².